The molecule has 1 aromatic carbocycles. The molecule has 1 N–H and O–H groups in total. The summed E-state index contributed by atoms with van der Waals surface area (Å²) in [5, 5.41) is 6.70. The average Bonchev–Trinajstić information content (AvgIpc) is 2.53. The highest BCUT2D eigenvalue weighted by Crippen LogP contribution is 2.10. The number of rotatable bonds is 6. The summed E-state index contributed by atoms with van der Waals surface area (Å²) >= 11 is 0. The second-order valence-electron chi connectivity index (χ2n) is 4.79. The van der Waals surface area contributed by atoms with E-state index in [-0.39, 0.29) is 17.2 Å². The molecule has 1 aromatic heterocycles. The highest BCUT2D eigenvalue weighted by molar-refractivity contribution is 5.91. The van der Waals surface area contributed by atoms with Crippen LogP contribution in [0.2, 0.25) is 0 Å². The van der Waals surface area contributed by atoms with Gasteiger partial charge in [0.1, 0.15) is 18.1 Å². The predicted molar refractivity (Wildman–Crippen MR) is 83.2 cm³/mol. The maximum absolute atomic E-state index is 11.9. The highest BCUT2D eigenvalue weighted by Gasteiger charge is 2.08. The molecule has 0 aliphatic carbocycles. The van der Waals surface area contributed by atoms with Gasteiger partial charge in [0.05, 0.1) is 6.54 Å². The van der Waals surface area contributed by atoms with Crippen molar-refractivity contribution < 1.29 is 9.53 Å². The van der Waals surface area contributed by atoms with Crippen molar-refractivity contribution in [1.29, 1.82) is 0 Å². The highest BCUT2D eigenvalue weighted by atomic mass is 16.5. The van der Waals surface area contributed by atoms with Gasteiger partial charge in [0.15, 0.2) is 0 Å². The average molecular weight is 301 g/mol. The first-order valence-electron chi connectivity index (χ1n) is 7.16. The molecular weight excluding hydrogens is 282 g/mol. The van der Waals surface area contributed by atoms with Crippen LogP contribution in [0, 0.1) is 6.92 Å². The summed E-state index contributed by atoms with van der Waals surface area (Å²) in [7, 11) is 0. The van der Waals surface area contributed by atoms with Gasteiger partial charge in [0.25, 0.3) is 11.5 Å². The van der Waals surface area contributed by atoms with Crippen molar-refractivity contribution in [3.63, 3.8) is 0 Å². The van der Waals surface area contributed by atoms with Crippen LogP contribution in [0.3, 0.4) is 0 Å². The topological polar surface area (TPSA) is 73.2 Å². The SMILES string of the molecule is CCn1nc(C(=O)NCCOc2ccc(C)cc2)ccc1=O. The third-order valence-electron chi connectivity index (χ3n) is 3.08. The summed E-state index contributed by atoms with van der Waals surface area (Å²) in [4.78, 5) is 23.4. The summed E-state index contributed by atoms with van der Waals surface area (Å²) in [5.74, 6) is 0.437. The Morgan fingerprint density at radius 3 is 2.64 bits per heavy atom. The number of carbonyl (C=O) groups excluding carboxylic acids is 1. The van der Waals surface area contributed by atoms with Gasteiger partial charge in [-0.15, -0.1) is 0 Å². The smallest absolute Gasteiger partial charge is 0.271 e. The number of aromatic nitrogens is 2. The number of benzene rings is 1. The molecule has 116 valence electrons. The van der Waals surface area contributed by atoms with E-state index in [1.165, 1.54) is 16.8 Å². The monoisotopic (exact) mass is 301 g/mol. The molecule has 22 heavy (non-hydrogen) atoms. The summed E-state index contributed by atoms with van der Waals surface area (Å²) in [6, 6.07) is 10.5. The fourth-order valence-electron chi connectivity index (χ4n) is 1.86. The van der Waals surface area contributed by atoms with E-state index >= 15 is 0 Å². The molecule has 0 spiro atoms. The van der Waals surface area contributed by atoms with Gasteiger partial charge in [-0.3, -0.25) is 9.59 Å². The zero-order valence-corrected chi connectivity index (χ0v) is 12.7. The molecule has 6 heteroatoms. The van der Waals surface area contributed by atoms with Crippen molar-refractivity contribution in [3.8, 4) is 5.75 Å². The van der Waals surface area contributed by atoms with Crippen LogP contribution in [0.25, 0.3) is 0 Å². The van der Waals surface area contributed by atoms with Gasteiger partial charge in [0.2, 0.25) is 0 Å². The number of hydrogen-bond donors (Lipinski definition) is 1. The molecule has 0 atom stereocenters. The zero-order chi connectivity index (χ0) is 15.9. The van der Waals surface area contributed by atoms with E-state index in [1.54, 1.807) is 6.92 Å². The molecule has 0 saturated heterocycles. The number of hydrogen-bond acceptors (Lipinski definition) is 4. The molecule has 1 amide bonds. The van der Waals surface area contributed by atoms with Crippen molar-refractivity contribution in [2.75, 3.05) is 13.2 Å². The van der Waals surface area contributed by atoms with E-state index in [2.05, 4.69) is 10.4 Å². The summed E-state index contributed by atoms with van der Waals surface area (Å²) in [6.07, 6.45) is 0. The fraction of sp³-hybridized carbons (Fsp3) is 0.312. The number of nitrogens with zero attached hydrogens (tertiary/aromatic N) is 2. The van der Waals surface area contributed by atoms with Gasteiger partial charge in [0, 0.05) is 12.6 Å². The number of carbonyl (C=O) groups is 1. The van der Waals surface area contributed by atoms with E-state index < -0.39 is 0 Å². The Hall–Kier alpha value is -2.63. The van der Waals surface area contributed by atoms with Gasteiger partial charge in [-0.05, 0) is 32.0 Å². The Bertz CT molecular complexity index is 693. The van der Waals surface area contributed by atoms with Crippen molar-refractivity contribution in [1.82, 2.24) is 15.1 Å². The van der Waals surface area contributed by atoms with E-state index in [1.807, 2.05) is 31.2 Å². The lowest BCUT2D eigenvalue weighted by molar-refractivity contribution is 0.0939. The van der Waals surface area contributed by atoms with Crippen LogP contribution in [0.4, 0.5) is 0 Å². The Morgan fingerprint density at radius 1 is 1.23 bits per heavy atom. The molecule has 0 aliphatic rings. The largest absolute Gasteiger partial charge is 0.492 e. The number of amides is 1. The van der Waals surface area contributed by atoms with Gasteiger partial charge in [-0.1, -0.05) is 17.7 Å². The standard InChI is InChI=1S/C16H19N3O3/c1-3-19-15(20)9-8-14(18-19)16(21)17-10-11-22-13-6-4-12(2)5-7-13/h4-9H,3,10-11H2,1-2H3,(H,17,21). The zero-order valence-electron chi connectivity index (χ0n) is 12.7. The third kappa shape index (κ3) is 4.18. The van der Waals surface area contributed by atoms with Gasteiger partial charge >= 0.3 is 0 Å². The Balaban J connectivity index is 1.82. The molecule has 1 heterocycles. The minimum absolute atomic E-state index is 0.219. The molecule has 6 nitrogen and oxygen atoms in total. The lowest BCUT2D eigenvalue weighted by Gasteiger charge is -2.08. The van der Waals surface area contributed by atoms with Gasteiger partial charge in [-0.25, -0.2) is 4.68 Å². The summed E-state index contributed by atoms with van der Waals surface area (Å²) < 4.78 is 6.77. The summed E-state index contributed by atoms with van der Waals surface area (Å²) in [6.45, 7) is 4.95. The number of aryl methyl sites for hydroxylation is 2. The first kappa shape index (κ1) is 15.8. The van der Waals surface area contributed by atoms with Crippen LogP contribution in [-0.4, -0.2) is 28.8 Å². The molecule has 0 fully saturated rings. The molecule has 0 radical (unpaired) electrons. The van der Waals surface area contributed by atoms with E-state index in [9.17, 15) is 9.59 Å². The Morgan fingerprint density at radius 2 is 1.95 bits per heavy atom. The first-order valence-corrected chi connectivity index (χ1v) is 7.16. The van der Waals surface area contributed by atoms with E-state index in [0.717, 1.165) is 11.3 Å². The minimum atomic E-state index is -0.324. The van der Waals surface area contributed by atoms with E-state index in [4.69, 9.17) is 4.74 Å². The molecule has 0 saturated carbocycles. The molecule has 0 aliphatic heterocycles. The van der Waals surface area contributed by atoms with Crippen molar-refractivity contribution in [2.24, 2.45) is 0 Å². The quantitative estimate of drug-likeness (QED) is 0.818. The number of nitrogens with one attached hydrogen (secondary N) is 1. The Kier molecular flexibility index (Phi) is 5.30. The lowest BCUT2D eigenvalue weighted by Crippen LogP contribution is -2.31. The van der Waals surface area contributed by atoms with Gasteiger partial charge in [-0.2, -0.15) is 5.10 Å². The molecule has 0 bridgehead atoms. The first-order chi connectivity index (χ1) is 10.6. The van der Waals surface area contributed by atoms with Crippen LogP contribution in [0.5, 0.6) is 5.75 Å². The molecule has 2 aromatic rings. The maximum Gasteiger partial charge on any atom is 0.271 e. The van der Waals surface area contributed by atoms with Crippen LogP contribution in [0.15, 0.2) is 41.2 Å². The Labute approximate surface area is 128 Å². The molecular formula is C16H19N3O3. The van der Waals surface area contributed by atoms with Crippen LogP contribution in [-0.2, 0) is 6.54 Å². The van der Waals surface area contributed by atoms with E-state index in [0.29, 0.717) is 19.7 Å². The van der Waals surface area contributed by atoms with Crippen molar-refractivity contribution >= 4 is 5.91 Å². The number of ether oxygens (including phenoxy) is 1. The fourth-order valence-corrected chi connectivity index (χ4v) is 1.86. The third-order valence-corrected chi connectivity index (χ3v) is 3.08. The predicted octanol–water partition coefficient (Wildman–Crippen LogP) is 1.38. The normalized spacial score (nSPS) is 10.3. The van der Waals surface area contributed by atoms with Gasteiger partial charge < -0.3 is 10.1 Å². The second kappa shape index (κ2) is 7.40. The van der Waals surface area contributed by atoms with Crippen molar-refractivity contribution in [2.45, 2.75) is 20.4 Å². The minimum Gasteiger partial charge on any atom is -0.492 e. The maximum atomic E-state index is 11.9. The van der Waals surface area contributed by atoms with Crippen LogP contribution < -0.4 is 15.6 Å². The van der Waals surface area contributed by atoms with Crippen LogP contribution >= 0.6 is 0 Å². The lowest BCUT2D eigenvalue weighted by atomic mass is 10.2. The molecule has 0 unspecified atom stereocenters. The second-order valence-corrected chi connectivity index (χ2v) is 4.79. The van der Waals surface area contributed by atoms with Crippen LogP contribution in [0.1, 0.15) is 23.0 Å². The van der Waals surface area contributed by atoms with Crippen molar-refractivity contribution in [3.05, 3.63) is 58.0 Å². The summed E-state index contributed by atoms with van der Waals surface area (Å²) in [5.41, 5.74) is 1.16. The molecule has 2 rings (SSSR count).